The molecule has 0 aliphatic heterocycles. The van der Waals surface area contributed by atoms with Gasteiger partial charge in [-0.25, -0.2) is 4.98 Å². The van der Waals surface area contributed by atoms with Gasteiger partial charge in [0.15, 0.2) is 0 Å². The second-order valence-corrected chi connectivity index (χ2v) is 5.99. The smallest absolute Gasteiger partial charge is 0.250 e. The summed E-state index contributed by atoms with van der Waals surface area (Å²) in [6.45, 7) is 3.89. The summed E-state index contributed by atoms with van der Waals surface area (Å²) in [6, 6.07) is 6.71. The van der Waals surface area contributed by atoms with Crippen LogP contribution >= 0.6 is 11.3 Å². The Hall–Kier alpha value is -2.21. The van der Waals surface area contributed by atoms with Crippen LogP contribution in [0.1, 0.15) is 32.4 Å². The zero-order chi connectivity index (χ0) is 15.4. The van der Waals surface area contributed by atoms with Crippen molar-refractivity contribution in [1.82, 2.24) is 4.98 Å². The Morgan fingerprint density at radius 1 is 1.29 bits per heavy atom. The van der Waals surface area contributed by atoms with Crippen LogP contribution in [0.3, 0.4) is 0 Å². The molecule has 0 unspecified atom stereocenters. The van der Waals surface area contributed by atoms with Gasteiger partial charge in [-0.1, -0.05) is 12.1 Å². The zero-order valence-electron chi connectivity index (χ0n) is 12.0. The van der Waals surface area contributed by atoms with Gasteiger partial charge < -0.3 is 11.1 Å². The number of thiazole rings is 1. The molecule has 2 aromatic rings. The minimum absolute atomic E-state index is 0.144. The van der Waals surface area contributed by atoms with E-state index in [1.54, 1.807) is 35.6 Å². The Morgan fingerprint density at radius 3 is 2.62 bits per heavy atom. The monoisotopic (exact) mass is 303 g/mol. The summed E-state index contributed by atoms with van der Waals surface area (Å²) < 4.78 is 0. The van der Waals surface area contributed by atoms with Crippen LogP contribution in [0.15, 0.2) is 24.3 Å². The van der Waals surface area contributed by atoms with E-state index < -0.39 is 5.91 Å². The maximum absolute atomic E-state index is 12.0. The summed E-state index contributed by atoms with van der Waals surface area (Å²) in [5.74, 6) is -0.700. The Morgan fingerprint density at radius 2 is 2.00 bits per heavy atom. The third kappa shape index (κ3) is 3.88. The highest BCUT2D eigenvalue weighted by molar-refractivity contribution is 7.11. The van der Waals surface area contributed by atoms with E-state index in [0.29, 0.717) is 24.1 Å². The molecule has 0 aliphatic rings. The van der Waals surface area contributed by atoms with Crippen LogP contribution in [0, 0.1) is 13.8 Å². The number of carbonyl (C=O) groups excluding carboxylic acids is 2. The lowest BCUT2D eigenvalue weighted by molar-refractivity contribution is -0.116. The third-order valence-corrected chi connectivity index (χ3v) is 4.18. The van der Waals surface area contributed by atoms with Crippen molar-refractivity contribution in [3.8, 4) is 0 Å². The van der Waals surface area contributed by atoms with Gasteiger partial charge in [0.05, 0.1) is 22.0 Å². The molecular weight excluding hydrogens is 286 g/mol. The van der Waals surface area contributed by atoms with Gasteiger partial charge in [0, 0.05) is 11.3 Å². The molecule has 0 bridgehead atoms. The summed E-state index contributed by atoms with van der Waals surface area (Å²) in [5, 5.41) is 3.73. The van der Waals surface area contributed by atoms with Crippen LogP contribution in [0.2, 0.25) is 0 Å². The molecule has 6 heteroatoms. The molecule has 0 spiro atoms. The number of rotatable bonds is 5. The fraction of sp³-hybridized carbons (Fsp3) is 0.267. The molecule has 5 nitrogen and oxygen atoms in total. The number of aryl methyl sites for hydroxylation is 3. The Balaban J connectivity index is 1.99. The summed E-state index contributed by atoms with van der Waals surface area (Å²) >= 11 is 1.61. The molecule has 1 aromatic heterocycles. The van der Waals surface area contributed by atoms with E-state index in [4.69, 9.17) is 5.73 Å². The third-order valence-electron chi connectivity index (χ3n) is 3.05. The molecule has 21 heavy (non-hydrogen) atoms. The van der Waals surface area contributed by atoms with Gasteiger partial charge in [-0.15, -0.1) is 11.3 Å². The molecule has 1 aromatic carbocycles. The maximum Gasteiger partial charge on any atom is 0.250 e. The van der Waals surface area contributed by atoms with Gasteiger partial charge in [-0.3, -0.25) is 9.59 Å². The summed E-state index contributed by atoms with van der Waals surface area (Å²) in [6.07, 6.45) is 0.984. The van der Waals surface area contributed by atoms with Crippen molar-refractivity contribution in [2.24, 2.45) is 5.73 Å². The Bertz CT molecular complexity index is 679. The van der Waals surface area contributed by atoms with Crippen molar-refractivity contribution in [3.05, 3.63) is 45.4 Å². The van der Waals surface area contributed by atoms with Crippen LogP contribution in [-0.2, 0) is 11.2 Å². The van der Waals surface area contributed by atoms with E-state index in [9.17, 15) is 9.59 Å². The zero-order valence-corrected chi connectivity index (χ0v) is 12.8. The number of anilines is 1. The largest absolute Gasteiger partial charge is 0.366 e. The van der Waals surface area contributed by atoms with Gasteiger partial charge in [0.25, 0.3) is 5.91 Å². The average Bonchev–Trinajstić information content (AvgIpc) is 2.75. The second kappa shape index (κ2) is 6.49. The number of carbonyl (C=O) groups is 2. The minimum atomic E-state index is -0.556. The number of hydrogen-bond acceptors (Lipinski definition) is 4. The quantitative estimate of drug-likeness (QED) is 0.889. The van der Waals surface area contributed by atoms with E-state index in [2.05, 4.69) is 10.3 Å². The number of primary amides is 1. The van der Waals surface area contributed by atoms with Crippen molar-refractivity contribution in [2.45, 2.75) is 26.7 Å². The van der Waals surface area contributed by atoms with Crippen molar-refractivity contribution in [2.75, 3.05) is 5.32 Å². The van der Waals surface area contributed by atoms with Gasteiger partial charge >= 0.3 is 0 Å². The lowest BCUT2D eigenvalue weighted by Gasteiger charge is -2.08. The van der Waals surface area contributed by atoms with Crippen LogP contribution < -0.4 is 11.1 Å². The predicted octanol–water partition coefficient (Wildman–Crippen LogP) is 2.43. The van der Waals surface area contributed by atoms with E-state index in [1.165, 1.54) is 0 Å². The summed E-state index contributed by atoms with van der Waals surface area (Å²) in [7, 11) is 0. The molecule has 0 radical (unpaired) electrons. The highest BCUT2D eigenvalue weighted by Crippen LogP contribution is 2.19. The van der Waals surface area contributed by atoms with E-state index in [1.807, 2.05) is 13.8 Å². The van der Waals surface area contributed by atoms with E-state index in [-0.39, 0.29) is 5.91 Å². The normalized spacial score (nSPS) is 10.4. The first-order chi connectivity index (χ1) is 9.97. The summed E-state index contributed by atoms with van der Waals surface area (Å²) in [5.41, 5.74) is 7.02. The molecular formula is C15H17N3O2S. The molecule has 2 amide bonds. The van der Waals surface area contributed by atoms with Crippen LogP contribution in [0.25, 0.3) is 0 Å². The lowest BCUT2D eigenvalue weighted by atomic mass is 10.1. The molecule has 3 N–H and O–H groups in total. The Labute approximate surface area is 127 Å². The lowest BCUT2D eigenvalue weighted by Crippen LogP contribution is -2.18. The van der Waals surface area contributed by atoms with Crippen LogP contribution in [0.5, 0.6) is 0 Å². The highest BCUT2D eigenvalue weighted by atomic mass is 32.1. The molecule has 110 valence electrons. The minimum Gasteiger partial charge on any atom is -0.366 e. The predicted molar refractivity (Wildman–Crippen MR) is 83.5 cm³/mol. The molecule has 0 fully saturated rings. The first-order valence-electron chi connectivity index (χ1n) is 6.59. The molecule has 2 rings (SSSR count). The second-order valence-electron chi connectivity index (χ2n) is 4.70. The molecule has 0 atom stereocenters. The first kappa shape index (κ1) is 15.2. The number of benzene rings is 1. The molecule has 0 saturated heterocycles. The van der Waals surface area contributed by atoms with Crippen molar-refractivity contribution >= 4 is 28.8 Å². The molecule has 1 heterocycles. The van der Waals surface area contributed by atoms with Crippen molar-refractivity contribution < 1.29 is 9.59 Å². The van der Waals surface area contributed by atoms with Crippen molar-refractivity contribution in [1.29, 1.82) is 0 Å². The Kier molecular flexibility index (Phi) is 4.70. The highest BCUT2D eigenvalue weighted by Gasteiger charge is 2.12. The standard InChI is InChI=1S/C15H17N3O2S/c1-9-13(21-10(2)17-9)7-8-14(19)18-12-6-4-3-5-11(12)15(16)20/h3-6H,7-8H2,1-2H3,(H2,16,20)(H,18,19). The number of para-hydroxylation sites is 1. The van der Waals surface area contributed by atoms with Gasteiger partial charge in [0.1, 0.15) is 0 Å². The molecule has 0 saturated carbocycles. The summed E-state index contributed by atoms with van der Waals surface area (Å²) in [4.78, 5) is 28.7. The SMILES string of the molecule is Cc1nc(C)c(CCC(=O)Nc2ccccc2C(N)=O)s1. The van der Waals surface area contributed by atoms with Crippen LogP contribution in [0.4, 0.5) is 5.69 Å². The fourth-order valence-electron chi connectivity index (χ4n) is 2.05. The maximum atomic E-state index is 12.0. The van der Waals surface area contributed by atoms with Crippen LogP contribution in [-0.4, -0.2) is 16.8 Å². The number of nitrogens with zero attached hydrogens (tertiary/aromatic N) is 1. The van der Waals surface area contributed by atoms with Gasteiger partial charge in [-0.05, 0) is 32.4 Å². The number of nitrogens with one attached hydrogen (secondary N) is 1. The molecule has 0 aliphatic carbocycles. The van der Waals surface area contributed by atoms with Gasteiger partial charge in [0.2, 0.25) is 5.91 Å². The number of amides is 2. The average molecular weight is 303 g/mol. The van der Waals surface area contributed by atoms with E-state index in [0.717, 1.165) is 15.6 Å². The van der Waals surface area contributed by atoms with E-state index >= 15 is 0 Å². The topological polar surface area (TPSA) is 85.1 Å². The fourth-order valence-corrected chi connectivity index (χ4v) is 2.99. The van der Waals surface area contributed by atoms with Crippen molar-refractivity contribution in [3.63, 3.8) is 0 Å². The number of aromatic nitrogens is 1. The van der Waals surface area contributed by atoms with Gasteiger partial charge in [-0.2, -0.15) is 0 Å². The number of nitrogens with two attached hydrogens (primary N) is 1. The number of hydrogen-bond donors (Lipinski definition) is 2. The first-order valence-corrected chi connectivity index (χ1v) is 7.40.